The first-order valence-electron chi connectivity index (χ1n) is 10.4. The van der Waals surface area contributed by atoms with Gasteiger partial charge in [-0.2, -0.15) is 0 Å². The van der Waals surface area contributed by atoms with E-state index in [0.717, 1.165) is 31.6 Å². The van der Waals surface area contributed by atoms with Gasteiger partial charge in [-0.3, -0.25) is 19.7 Å². The second kappa shape index (κ2) is 9.03. The number of hydrogen-bond donors (Lipinski definition) is 2. The predicted molar refractivity (Wildman–Crippen MR) is 117 cm³/mol. The van der Waals surface area contributed by atoms with Crippen LogP contribution in [-0.4, -0.2) is 60.4 Å². The second-order valence-corrected chi connectivity index (χ2v) is 7.79. The van der Waals surface area contributed by atoms with E-state index in [9.17, 15) is 19.7 Å². The Morgan fingerprint density at radius 1 is 1.03 bits per heavy atom. The fraction of sp³-hybridized carbons (Fsp3) is 0.364. The number of benzene rings is 2. The molecule has 1 saturated heterocycles. The van der Waals surface area contributed by atoms with Crippen molar-refractivity contribution < 1.29 is 14.5 Å². The van der Waals surface area contributed by atoms with Crippen molar-refractivity contribution in [1.29, 1.82) is 0 Å². The summed E-state index contributed by atoms with van der Waals surface area (Å²) in [4.78, 5) is 39.7. The van der Waals surface area contributed by atoms with E-state index in [0.29, 0.717) is 13.1 Å². The monoisotopic (exact) mass is 423 g/mol. The summed E-state index contributed by atoms with van der Waals surface area (Å²) in [5.41, 5.74) is 1.39. The van der Waals surface area contributed by atoms with Gasteiger partial charge in [0.2, 0.25) is 5.91 Å². The zero-order valence-corrected chi connectivity index (χ0v) is 17.1. The van der Waals surface area contributed by atoms with Gasteiger partial charge in [0.25, 0.3) is 11.6 Å². The predicted octanol–water partition coefficient (Wildman–Crippen LogP) is 2.25. The lowest BCUT2D eigenvalue weighted by Crippen LogP contribution is -2.50. The Morgan fingerprint density at radius 3 is 2.39 bits per heavy atom. The number of nitro benzene ring substituents is 1. The number of nitrogens with zero attached hydrogens (tertiary/aromatic N) is 3. The number of anilines is 2. The summed E-state index contributed by atoms with van der Waals surface area (Å²) >= 11 is 0. The molecule has 31 heavy (non-hydrogen) atoms. The van der Waals surface area contributed by atoms with Crippen molar-refractivity contribution in [2.24, 2.45) is 0 Å². The molecule has 9 nitrogen and oxygen atoms in total. The maximum atomic E-state index is 12.6. The summed E-state index contributed by atoms with van der Waals surface area (Å²) in [7, 11) is 0. The molecule has 2 amide bonds. The van der Waals surface area contributed by atoms with Crippen molar-refractivity contribution >= 4 is 28.9 Å². The highest BCUT2D eigenvalue weighted by molar-refractivity contribution is 5.96. The first-order chi connectivity index (χ1) is 15.0. The molecule has 0 unspecified atom stereocenters. The molecule has 2 fully saturated rings. The van der Waals surface area contributed by atoms with E-state index in [1.165, 1.54) is 18.2 Å². The average molecular weight is 423 g/mol. The minimum absolute atomic E-state index is 0.0419. The normalized spacial score (nSPS) is 16.0. The topological polar surface area (TPSA) is 108 Å². The number of carbonyl (C=O) groups excluding carboxylic acids is 2. The Kier molecular flexibility index (Phi) is 6.01. The fourth-order valence-electron chi connectivity index (χ4n) is 3.61. The standard InChI is InChI=1S/C22H25N5O4/c28-21(26-12-10-25(11-13-26)18-4-2-1-3-5-18)15-23-19-9-6-16(14-20(19)27(30)31)22(29)24-17-7-8-17/h1-6,9,14,17,23H,7-8,10-13,15H2,(H,24,29). The van der Waals surface area contributed by atoms with E-state index >= 15 is 0 Å². The first kappa shape index (κ1) is 20.6. The highest BCUT2D eigenvalue weighted by atomic mass is 16.6. The van der Waals surface area contributed by atoms with E-state index in [1.807, 2.05) is 30.3 Å². The molecule has 0 spiro atoms. The van der Waals surface area contributed by atoms with Crippen LogP contribution in [0.15, 0.2) is 48.5 Å². The number of rotatable bonds is 7. The quantitative estimate of drug-likeness (QED) is 0.522. The molecule has 1 heterocycles. The van der Waals surface area contributed by atoms with Gasteiger partial charge in [0.15, 0.2) is 0 Å². The summed E-state index contributed by atoms with van der Waals surface area (Å²) in [6.45, 7) is 2.62. The molecule has 0 atom stereocenters. The molecule has 2 N–H and O–H groups in total. The van der Waals surface area contributed by atoms with Crippen LogP contribution in [0.25, 0.3) is 0 Å². The smallest absolute Gasteiger partial charge is 0.293 e. The maximum Gasteiger partial charge on any atom is 0.293 e. The summed E-state index contributed by atoms with van der Waals surface area (Å²) in [6, 6.07) is 14.5. The summed E-state index contributed by atoms with van der Waals surface area (Å²) in [6.07, 6.45) is 1.88. The minimum atomic E-state index is -0.542. The molecular weight excluding hydrogens is 398 g/mol. The molecule has 2 aromatic carbocycles. The molecule has 2 aliphatic rings. The van der Waals surface area contributed by atoms with Gasteiger partial charge in [-0.1, -0.05) is 18.2 Å². The van der Waals surface area contributed by atoms with Gasteiger partial charge >= 0.3 is 0 Å². The molecule has 0 radical (unpaired) electrons. The third kappa shape index (κ3) is 5.11. The van der Waals surface area contributed by atoms with E-state index in [2.05, 4.69) is 15.5 Å². The number of para-hydroxylation sites is 1. The molecule has 162 valence electrons. The van der Waals surface area contributed by atoms with Gasteiger partial charge in [0.1, 0.15) is 5.69 Å². The van der Waals surface area contributed by atoms with Crippen LogP contribution in [0.3, 0.4) is 0 Å². The number of hydrogen-bond acceptors (Lipinski definition) is 6. The fourth-order valence-corrected chi connectivity index (χ4v) is 3.61. The Balaban J connectivity index is 1.33. The molecule has 0 bridgehead atoms. The van der Waals surface area contributed by atoms with Crippen LogP contribution in [0.5, 0.6) is 0 Å². The van der Waals surface area contributed by atoms with Crippen molar-refractivity contribution in [3.05, 3.63) is 64.2 Å². The summed E-state index contributed by atoms with van der Waals surface area (Å²) < 4.78 is 0. The lowest BCUT2D eigenvalue weighted by Gasteiger charge is -2.36. The van der Waals surface area contributed by atoms with Gasteiger partial charge in [-0.25, -0.2) is 0 Å². The van der Waals surface area contributed by atoms with E-state index in [-0.39, 0.29) is 41.3 Å². The van der Waals surface area contributed by atoms with Crippen LogP contribution in [0.2, 0.25) is 0 Å². The van der Waals surface area contributed by atoms with Crippen molar-refractivity contribution in [3.63, 3.8) is 0 Å². The highest BCUT2D eigenvalue weighted by Crippen LogP contribution is 2.26. The van der Waals surface area contributed by atoms with Crippen LogP contribution in [0.1, 0.15) is 23.2 Å². The number of nitro groups is 1. The van der Waals surface area contributed by atoms with Crippen LogP contribution < -0.4 is 15.5 Å². The Hall–Kier alpha value is -3.62. The van der Waals surface area contributed by atoms with Crippen molar-refractivity contribution in [2.75, 3.05) is 42.9 Å². The van der Waals surface area contributed by atoms with Crippen molar-refractivity contribution in [1.82, 2.24) is 10.2 Å². The Labute approximate surface area is 180 Å². The average Bonchev–Trinajstić information content (AvgIpc) is 3.62. The Morgan fingerprint density at radius 2 is 1.74 bits per heavy atom. The number of carbonyl (C=O) groups is 2. The van der Waals surface area contributed by atoms with Crippen LogP contribution in [0, 0.1) is 10.1 Å². The molecule has 1 aliphatic heterocycles. The number of nitrogens with one attached hydrogen (secondary N) is 2. The van der Waals surface area contributed by atoms with Crippen molar-refractivity contribution in [2.45, 2.75) is 18.9 Å². The van der Waals surface area contributed by atoms with Gasteiger partial charge in [-0.05, 0) is 37.1 Å². The SMILES string of the molecule is O=C(NC1CC1)c1ccc(NCC(=O)N2CCN(c3ccccc3)CC2)c([N+](=O)[O-])c1. The summed E-state index contributed by atoms with van der Waals surface area (Å²) in [5, 5.41) is 17.2. The van der Waals surface area contributed by atoms with E-state index in [4.69, 9.17) is 0 Å². The van der Waals surface area contributed by atoms with Gasteiger partial charge in [0.05, 0.1) is 11.5 Å². The largest absolute Gasteiger partial charge is 0.371 e. The third-order valence-corrected chi connectivity index (χ3v) is 5.55. The second-order valence-electron chi connectivity index (χ2n) is 7.79. The van der Waals surface area contributed by atoms with Crippen molar-refractivity contribution in [3.8, 4) is 0 Å². The zero-order valence-electron chi connectivity index (χ0n) is 17.1. The first-order valence-corrected chi connectivity index (χ1v) is 10.4. The maximum absolute atomic E-state index is 12.6. The third-order valence-electron chi connectivity index (χ3n) is 5.55. The molecule has 1 saturated carbocycles. The number of piperazine rings is 1. The van der Waals surface area contributed by atoms with Gasteiger partial charge < -0.3 is 20.4 Å². The molecule has 4 rings (SSSR count). The lowest BCUT2D eigenvalue weighted by molar-refractivity contribution is -0.384. The number of amides is 2. The van der Waals surface area contributed by atoms with Gasteiger partial charge in [0, 0.05) is 49.5 Å². The molecule has 2 aromatic rings. The molecular formula is C22H25N5O4. The molecule has 1 aliphatic carbocycles. The summed E-state index contributed by atoms with van der Waals surface area (Å²) in [5.74, 6) is -0.429. The van der Waals surface area contributed by atoms with Crippen LogP contribution in [0.4, 0.5) is 17.1 Å². The molecule has 0 aromatic heterocycles. The zero-order chi connectivity index (χ0) is 21.8. The van der Waals surface area contributed by atoms with Gasteiger partial charge in [-0.15, -0.1) is 0 Å². The van der Waals surface area contributed by atoms with E-state index < -0.39 is 4.92 Å². The van der Waals surface area contributed by atoms with E-state index in [1.54, 1.807) is 4.90 Å². The lowest BCUT2D eigenvalue weighted by atomic mass is 10.1. The minimum Gasteiger partial charge on any atom is -0.371 e. The van der Waals surface area contributed by atoms with Crippen LogP contribution >= 0.6 is 0 Å². The highest BCUT2D eigenvalue weighted by Gasteiger charge is 2.26. The molecule has 9 heteroatoms. The Bertz CT molecular complexity index is 969. The van der Waals surface area contributed by atoms with Crippen LogP contribution in [-0.2, 0) is 4.79 Å².